The third-order valence-corrected chi connectivity index (χ3v) is 4.42. The van der Waals surface area contributed by atoms with Gasteiger partial charge in [-0.15, -0.1) is 0 Å². The molecule has 0 saturated carbocycles. The normalized spacial score (nSPS) is 16.0. The van der Waals surface area contributed by atoms with Gasteiger partial charge < -0.3 is 19.2 Å². The fourth-order valence-corrected chi connectivity index (χ4v) is 2.80. The van der Waals surface area contributed by atoms with Gasteiger partial charge in [-0.1, -0.05) is 0 Å². The number of benzene rings is 1. The number of hydrogen-bond donors (Lipinski definition) is 1. The Morgan fingerprint density at radius 1 is 1.27 bits per heavy atom. The van der Waals surface area contributed by atoms with Crippen molar-refractivity contribution in [3.05, 3.63) is 24.4 Å². The Bertz CT molecular complexity index is 742. The van der Waals surface area contributed by atoms with Crippen LogP contribution < -0.4 is 9.47 Å². The molecule has 0 amide bonds. The molecule has 6 nitrogen and oxygen atoms in total. The predicted octanol–water partition coefficient (Wildman–Crippen LogP) is 3.22. The number of nitrogens with zero attached hydrogens (tertiary/aromatic N) is 1. The first-order valence-electron chi connectivity index (χ1n) is 9.20. The molecule has 0 radical (unpaired) electrons. The van der Waals surface area contributed by atoms with E-state index in [1.807, 2.05) is 39.0 Å². The van der Waals surface area contributed by atoms with E-state index in [9.17, 15) is 4.79 Å². The van der Waals surface area contributed by atoms with Gasteiger partial charge in [0.05, 0.1) is 25.2 Å². The van der Waals surface area contributed by atoms with Crippen molar-refractivity contribution in [1.82, 2.24) is 9.88 Å². The molecule has 0 bridgehead atoms. The number of fused-ring (bicyclic) bond motifs is 1. The minimum atomic E-state index is -0.544. The predicted molar refractivity (Wildman–Crippen MR) is 101 cm³/mol. The summed E-state index contributed by atoms with van der Waals surface area (Å²) in [5, 5.41) is 0.855. The van der Waals surface area contributed by atoms with Crippen LogP contribution in [0.25, 0.3) is 10.9 Å². The second-order valence-corrected chi connectivity index (χ2v) is 7.66. The first kappa shape index (κ1) is 18.7. The summed E-state index contributed by atoms with van der Waals surface area (Å²) in [5.41, 5.74) is 0.374. The molecule has 1 fully saturated rings. The molecule has 0 atom stereocenters. The van der Waals surface area contributed by atoms with Crippen LogP contribution in [0.1, 0.15) is 27.2 Å². The molecule has 1 aliphatic heterocycles. The van der Waals surface area contributed by atoms with E-state index in [1.54, 1.807) is 6.20 Å². The van der Waals surface area contributed by atoms with Crippen molar-refractivity contribution in [2.24, 2.45) is 5.41 Å². The highest BCUT2D eigenvalue weighted by molar-refractivity contribution is 5.90. The zero-order valence-electron chi connectivity index (χ0n) is 15.8. The van der Waals surface area contributed by atoms with Crippen molar-refractivity contribution in [1.29, 1.82) is 0 Å². The minimum Gasteiger partial charge on any atom is -0.494 e. The Morgan fingerprint density at radius 3 is 2.77 bits per heavy atom. The molecule has 1 aromatic heterocycles. The van der Waals surface area contributed by atoms with Gasteiger partial charge in [0.25, 0.3) is 0 Å². The summed E-state index contributed by atoms with van der Waals surface area (Å²) in [6.07, 6.45) is 2.69. The number of hydrogen-bond acceptors (Lipinski definition) is 5. The highest BCUT2D eigenvalue weighted by Gasteiger charge is 2.24. The quantitative estimate of drug-likeness (QED) is 0.633. The van der Waals surface area contributed by atoms with Gasteiger partial charge in [0.2, 0.25) is 0 Å². The second-order valence-electron chi connectivity index (χ2n) is 7.66. The molecule has 6 heteroatoms. The summed E-state index contributed by atoms with van der Waals surface area (Å²) in [6.45, 7) is 10.8. The standard InChI is InChI=1S/C20H28N2O4/c1-20(2,3)19(23)26-18-14-21-17-6-5-15(13-16(17)18)25-10-4-7-22-8-11-24-12-9-22/h5-6,13-14,21H,4,7-12H2,1-3H3. The van der Waals surface area contributed by atoms with Crippen molar-refractivity contribution in [2.45, 2.75) is 27.2 Å². The third kappa shape index (κ3) is 4.77. The summed E-state index contributed by atoms with van der Waals surface area (Å²) < 4.78 is 16.8. The average Bonchev–Trinajstić information content (AvgIpc) is 3.01. The van der Waals surface area contributed by atoms with Gasteiger partial charge in [-0.25, -0.2) is 0 Å². The van der Waals surface area contributed by atoms with E-state index in [0.29, 0.717) is 12.4 Å². The van der Waals surface area contributed by atoms with Gasteiger partial charge in [-0.2, -0.15) is 0 Å². The molecule has 0 spiro atoms. The van der Waals surface area contributed by atoms with Crippen molar-refractivity contribution >= 4 is 16.9 Å². The van der Waals surface area contributed by atoms with Gasteiger partial charge in [0, 0.05) is 36.7 Å². The number of H-pyrrole nitrogens is 1. The Balaban J connectivity index is 1.57. The van der Waals surface area contributed by atoms with E-state index < -0.39 is 5.41 Å². The SMILES string of the molecule is CC(C)(C)C(=O)Oc1c[nH]c2ccc(OCCCN3CCOCC3)cc12. The maximum Gasteiger partial charge on any atom is 0.316 e. The van der Waals surface area contributed by atoms with E-state index in [1.165, 1.54) is 0 Å². The number of rotatable bonds is 6. The molecule has 2 aromatic rings. The molecular weight excluding hydrogens is 332 g/mol. The van der Waals surface area contributed by atoms with Crippen molar-refractivity contribution in [3.8, 4) is 11.5 Å². The molecule has 0 unspecified atom stereocenters. The van der Waals surface area contributed by atoms with Crippen LogP contribution in [0.2, 0.25) is 0 Å². The highest BCUT2D eigenvalue weighted by atomic mass is 16.5. The smallest absolute Gasteiger partial charge is 0.316 e. The second kappa shape index (κ2) is 8.10. The van der Waals surface area contributed by atoms with Gasteiger partial charge in [-0.3, -0.25) is 9.69 Å². The maximum absolute atomic E-state index is 12.1. The fourth-order valence-electron chi connectivity index (χ4n) is 2.80. The molecule has 26 heavy (non-hydrogen) atoms. The Labute approximate surface area is 154 Å². The lowest BCUT2D eigenvalue weighted by Gasteiger charge is -2.26. The molecule has 1 saturated heterocycles. The van der Waals surface area contributed by atoms with E-state index >= 15 is 0 Å². The van der Waals surface area contributed by atoms with Gasteiger partial charge in [-0.05, 0) is 45.4 Å². The first-order chi connectivity index (χ1) is 12.4. The number of ether oxygens (including phenoxy) is 3. The summed E-state index contributed by atoms with van der Waals surface area (Å²) in [5.74, 6) is 1.07. The number of esters is 1. The van der Waals surface area contributed by atoms with Crippen LogP contribution in [0.5, 0.6) is 11.5 Å². The van der Waals surface area contributed by atoms with Crippen LogP contribution in [0.4, 0.5) is 0 Å². The molecule has 142 valence electrons. The summed E-state index contributed by atoms with van der Waals surface area (Å²) >= 11 is 0. The lowest BCUT2D eigenvalue weighted by atomic mass is 9.97. The van der Waals surface area contributed by atoms with Crippen LogP contribution >= 0.6 is 0 Å². The zero-order chi connectivity index (χ0) is 18.6. The van der Waals surface area contributed by atoms with Gasteiger partial charge in [0.15, 0.2) is 5.75 Å². The summed E-state index contributed by atoms with van der Waals surface area (Å²) in [4.78, 5) is 17.7. The molecule has 3 rings (SSSR count). The number of aromatic amines is 1. The third-order valence-electron chi connectivity index (χ3n) is 4.42. The summed E-state index contributed by atoms with van der Waals surface area (Å²) in [7, 11) is 0. The van der Waals surface area contributed by atoms with Crippen molar-refractivity contribution in [3.63, 3.8) is 0 Å². The minimum absolute atomic E-state index is 0.254. The largest absolute Gasteiger partial charge is 0.494 e. The molecule has 1 aromatic carbocycles. The molecule has 1 N–H and O–H groups in total. The van der Waals surface area contributed by atoms with Crippen LogP contribution in [-0.2, 0) is 9.53 Å². The van der Waals surface area contributed by atoms with Crippen molar-refractivity contribution in [2.75, 3.05) is 39.5 Å². The molecular formula is C20H28N2O4. The highest BCUT2D eigenvalue weighted by Crippen LogP contribution is 2.30. The van der Waals surface area contributed by atoms with Gasteiger partial charge >= 0.3 is 5.97 Å². The van der Waals surface area contributed by atoms with Crippen LogP contribution in [0.3, 0.4) is 0 Å². The van der Waals surface area contributed by atoms with Gasteiger partial charge in [0.1, 0.15) is 5.75 Å². The lowest BCUT2D eigenvalue weighted by Crippen LogP contribution is -2.37. The molecule has 0 aliphatic carbocycles. The number of nitrogens with one attached hydrogen (secondary N) is 1. The Morgan fingerprint density at radius 2 is 2.04 bits per heavy atom. The van der Waals surface area contributed by atoms with Crippen molar-refractivity contribution < 1.29 is 19.0 Å². The number of carbonyl (C=O) groups is 1. The first-order valence-corrected chi connectivity index (χ1v) is 9.20. The summed E-state index contributed by atoms with van der Waals surface area (Å²) in [6, 6.07) is 5.80. The fraction of sp³-hybridized carbons (Fsp3) is 0.550. The Kier molecular flexibility index (Phi) is 5.84. The van der Waals surface area contributed by atoms with Crippen LogP contribution in [-0.4, -0.2) is 55.3 Å². The Hall–Kier alpha value is -2.05. The zero-order valence-corrected chi connectivity index (χ0v) is 15.8. The average molecular weight is 360 g/mol. The maximum atomic E-state index is 12.1. The van der Waals surface area contributed by atoms with E-state index in [4.69, 9.17) is 14.2 Å². The molecule has 2 heterocycles. The topological polar surface area (TPSA) is 63.8 Å². The number of aromatic nitrogens is 1. The van der Waals surface area contributed by atoms with E-state index in [2.05, 4.69) is 9.88 Å². The van der Waals surface area contributed by atoms with E-state index in [-0.39, 0.29) is 5.97 Å². The van der Waals surface area contributed by atoms with Crippen LogP contribution in [0, 0.1) is 5.41 Å². The number of carbonyl (C=O) groups excluding carboxylic acids is 1. The van der Waals surface area contributed by atoms with Crippen LogP contribution in [0.15, 0.2) is 24.4 Å². The lowest BCUT2D eigenvalue weighted by molar-refractivity contribution is -0.142. The molecule has 1 aliphatic rings. The number of morpholine rings is 1. The monoisotopic (exact) mass is 360 g/mol. The van der Waals surface area contributed by atoms with E-state index in [0.717, 1.165) is 55.9 Å².